The third kappa shape index (κ3) is 4.83. The Hall–Kier alpha value is -4.43. The number of carboxylic acid groups (broad SMARTS) is 1. The number of benzene rings is 3. The SMILES string of the molecule is CC1CN(C(=O)c2ccc(N/C(=C3\C(=O)Nc4cc(C(=O)O)ccc43)c3ccccc3)cc2)CCN1C. The maximum atomic E-state index is 13.1. The van der Waals surface area contributed by atoms with Crippen molar-refractivity contribution < 1.29 is 19.5 Å². The third-order valence-corrected chi connectivity index (χ3v) is 6.97. The smallest absolute Gasteiger partial charge is 0.335 e. The van der Waals surface area contributed by atoms with Crippen molar-refractivity contribution in [3.05, 3.63) is 95.1 Å². The minimum absolute atomic E-state index is 0.00599. The first kappa shape index (κ1) is 24.3. The van der Waals surface area contributed by atoms with Gasteiger partial charge >= 0.3 is 5.97 Å². The number of hydrogen-bond donors (Lipinski definition) is 3. The zero-order valence-corrected chi connectivity index (χ0v) is 20.7. The molecule has 188 valence electrons. The van der Waals surface area contributed by atoms with Crippen molar-refractivity contribution >= 4 is 40.4 Å². The fourth-order valence-corrected chi connectivity index (χ4v) is 4.69. The number of nitrogens with zero attached hydrogens (tertiary/aromatic N) is 2. The molecule has 1 atom stereocenters. The van der Waals surface area contributed by atoms with E-state index in [1.807, 2.05) is 47.4 Å². The maximum Gasteiger partial charge on any atom is 0.335 e. The summed E-state index contributed by atoms with van der Waals surface area (Å²) in [4.78, 5) is 41.7. The van der Waals surface area contributed by atoms with Crippen LogP contribution in [0.25, 0.3) is 11.3 Å². The topological polar surface area (TPSA) is 102 Å². The van der Waals surface area contributed by atoms with Crippen LogP contribution in [-0.2, 0) is 4.79 Å². The molecule has 1 unspecified atom stereocenters. The Morgan fingerprint density at radius 2 is 1.65 bits per heavy atom. The Balaban J connectivity index is 1.47. The molecule has 3 aromatic carbocycles. The summed E-state index contributed by atoms with van der Waals surface area (Å²) in [6.45, 7) is 4.35. The minimum Gasteiger partial charge on any atom is -0.478 e. The van der Waals surface area contributed by atoms with Crippen molar-refractivity contribution in [2.45, 2.75) is 13.0 Å². The van der Waals surface area contributed by atoms with Crippen molar-refractivity contribution in [2.24, 2.45) is 0 Å². The first-order valence-corrected chi connectivity index (χ1v) is 12.2. The molecule has 8 heteroatoms. The standard InChI is InChI=1S/C29H28N4O4/c1-18-17-33(15-14-32(18)2)28(35)20-8-11-22(12-9-20)30-26(19-6-4-3-5-7-19)25-23-13-10-21(29(36)37)16-24(23)31-27(25)34/h3-13,16,18,30H,14-15,17H2,1-2H3,(H,31,34)(H,36,37)/b26-25-. The van der Waals surface area contributed by atoms with Gasteiger partial charge in [0.05, 0.1) is 22.5 Å². The number of fused-ring (bicyclic) bond motifs is 1. The van der Waals surface area contributed by atoms with Gasteiger partial charge in [-0.3, -0.25) is 9.59 Å². The van der Waals surface area contributed by atoms with Crippen molar-refractivity contribution in [1.29, 1.82) is 0 Å². The number of carbonyl (C=O) groups excluding carboxylic acids is 2. The average molecular weight is 497 g/mol. The summed E-state index contributed by atoms with van der Waals surface area (Å²) in [5.74, 6) is -1.37. The number of rotatable bonds is 5. The van der Waals surface area contributed by atoms with E-state index in [2.05, 4.69) is 29.5 Å². The summed E-state index contributed by atoms with van der Waals surface area (Å²) < 4.78 is 0. The van der Waals surface area contributed by atoms with E-state index in [1.165, 1.54) is 12.1 Å². The second kappa shape index (κ2) is 9.91. The number of hydrogen-bond acceptors (Lipinski definition) is 5. The molecule has 2 amide bonds. The van der Waals surface area contributed by atoms with Crippen molar-refractivity contribution in [3.63, 3.8) is 0 Å². The van der Waals surface area contributed by atoms with Crippen molar-refractivity contribution in [3.8, 4) is 0 Å². The largest absolute Gasteiger partial charge is 0.478 e. The van der Waals surface area contributed by atoms with Crippen LogP contribution < -0.4 is 10.6 Å². The molecule has 37 heavy (non-hydrogen) atoms. The number of likely N-dealkylation sites (N-methyl/N-ethyl adjacent to an activating group) is 1. The molecule has 2 heterocycles. The lowest BCUT2D eigenvalue weighted by molar-refractivity contribution is -0.110. The van der Waals surface area contributed by atoms with Crippen LogP contribution in [0.2, 0.25) is 0 Å². The van der Waals surface area contributed by atoms with Gasteiger partial charge in [-0.15, -0.1) is 0 Å². The van der Waals surface area contributed by atoms with Crippen LogP contribution in [0.15, 0.2) is 72.8 Å². The van der Waals surface area contributed by atoms with Crippen molar-refractivity contribution in [2.75, 3.05) is 37.3 Å². The molecule has 0 bridgehead atoms. The number of carbonyl (C=O) groups is 3. The Labute approximate surface area is 215 Å². The number of piperazine rings is 1. The molecule has 0 radical (unpaired) electrons. The second-order valence-electron chi connectivity index (χ2n) is 9.42. The van der Waals surface area contributed by atoms with Crippen LogP contribution in [0.4, 0.5) is 11.4 Å². The monoisotopic (exact) mass is 496 g/mol. The summed E-state index contributed by atoms with van der Waals surface area (Å²) in [5.41, 5.74) is 4.32. The summed E-state index contributed by atoms with van der Waals surface area (Å²) in [6.07, 6.45) is 0. The fourth-order valence-electron chi connectivity index (χ4n) is 4.69. The summed E-state index contributed by atoms with van der Waals surface area (Å²) in [5, 5.41) is 15.5. The zero-order valence-electron chi connectivity index (χ0n) is 20.7. The van der Waals surface area contributed by atoms with Crippen LogP contribution in [0, 0.1) is 0 Å². The van der Waals surface area contributed by atoms with Gasteiger partial charge in [0.1, 0.15) is 0 Å². The van der Waals surface area contributed by atoms with Crippen LogP contribution in [0.5, 0.6) is 0 Å². The van der Waals surface area contributed by atoms with Crippen LogP contribution >= 0.6 is 0 Å². The van der Waals surface area contributed by atoms with Crippen LogP contribution in [0.3, 0.4) is 0 Å². The van der Waals surface area contributed by atoms with E-state index in [1.54, 1.807) is 18.2 Å². The molecule has 0 spiro atoms. The highest BCUT2D eigenvalue weighted by Gasteiger charge is 2.29. The molecule has 8 nitrogen and oxygen atoms in total. The maximum absolute atomic E-state index is 13.1. The lowest BCUT2D eigenvalue weighted by Crippen LogP contribution is -2.52. The Morgan fingerprint density at radius 3 is 2.32 bits per heavy atom. The summed E-state index contributed by atoms with van der Waals surface area (Å²) in [7, 11) is 2.07. The lowest BCUT2D eigenvalue weighted by Gasteiger charge is -2.37. The van der Waals surface area contributed by atoms with E-state index in [0.29, 0.717) is 47.2 Å². The highest BCUT2D eigenvalue weighted by molar-refractivity contribution is 6.37. The number of amides is 2. The quantitative estimate of drug-likeness (QED) is 0.460. The summed E-state index contributed by atoms with van der Waals surface area (Å²) >= 11 is 0. The van der Waals surface area contributed by atoms with E-state index in [0.717, 1.165) is 17.8 Å². The normalized spacial score (nSPS) is 18.7. The molecule has 2 aliphatic rings. The van der Waals surface area contributed by atoms with Crippen LogP contribution in [0.1, 0.15) is 38.8 Å². The van der Waals surface area contributed by atoms with E-state index in [4.69, 9.17) is 0 Å². The van der Waals surface area contributed by atoms with Gasteiger partial charge in [-0.1, -0.05) is 36.4 Å². The lowest BCUT2D eigenvalue weighted by atomic mass is 9.99. The molecular formula is C29H28N4O4. The van der Waals surface area contributed by atoms with Gasteiger partial charge in [0, 0.05) is 42.5 Å². The predicted molar refractivity (Wildman–Crippen MR) is 143 cm³/mol. The van der Waals surface area contributed by atoms with Gasteiger partial charge < -0.3 is 25.5 Å². The Kier molecular flexibility index (Phi) is 6.50. The predicted octanol–water partition coefficient (Wildman–Crippen LogP) is 4.09. The molecule has 3 aromatic rings. The number of anilines is 2. The van der Waals surface area contributed by atoms with E-state index < -0.39 is 5.97 Å². The molecule has 0 aliphatic carbocycles. The van der Waals surface area contributed by atoms with Gasteiger partial charge in [-0.05, 0) is 55.9 Å². The molecule has 2 aliphatic heterocycles. The van der Waals surface area contributed by atoms with Gasteiger partial charge in [0.25, 0.3) is 11.8 Å². The van der Waals surface area contributed by atoms with Gasteiger partial charge in [-0.2, -0.15) is 0 Å². The van der Waals surface area contributed by atoms with Crippen LogP contribution in [-0.4, -0.2) is 65.4 Å². The zero-order chi connectivity index (χ0) is 26.1. The molecular weight excluding hydrogens is 468 g/mol. The van der Waals surface area contributed by atoms with E-state index >= 15 is 0 Å². The Morgan fingerprint density at radius 1 is 0.946 bits per heavy atom. The molecule has 5 rings (SSSR count). The summed E-state index contributed by atoms with van der Waals surface area (Å²) in [6, 6.07) is 21.6. The second-order valence-corrected chi connectivity index (χ2v) is 9.42. The molecule has 1 saturated heterocycles. The molecule has 0 aromatic heterocycles. The van der Waals surface area contributed by atoms with Crippen molar-refractivity contribution in [1.82, 2.24) is 9.80 Å². The highest BCUT2D eigenvalue weighted by Crippen LogP contribution is 2.38. The van der Waals surface area contributed by atoms with E-state index in [9.17, 15) is 19.5 Å². The Bertz CT molecular complexity index is 1400. The number of nitrogens with one attached hydrogen (secondary N) is 2. The molecule has 1 fully saturated rings. The number of aromatic carboxylic acids is 1. The molecule has 0 saturated carbocycles. The van der Waals surface area contributed by atoms with Gasteiger partial charge in [0.15, 0.2) is 0 Å². The first-order valence-electron chi connectivity index (χ1n) is 12.2. The third-order valence-electron chi connectivity index (χ3n) is 6.97. The highest BCUT2D eigenvalue weighted by atomic mass is 16.4. The minimum atomic E-state index is -1.06. The van der Waals surface area contributed by atoms with E-state index in [-0.39, 0.29) is 17.4 Å². The fraction of sp³-hybridized carbons (Fsp3) is 0.207. The van der Waals surface area contributed by atoms with Gasteiger partial charge in [-0.25, -0.2) is 4.79 Å². The first-order chi connectivity index (χ1) is 17.8. The van der Waals surface area contributed by atoms with Gasteiger partial charge in [0.2, 0.25) is 0 Å². The molecule has 3 N–H and O–H groups in total. The average Bonchev–Trinajstić information content (AvgIpc) is 3.24. The number of carboxylic acids is 1.